The summed E-state index contributed by atoms with van der Waals surface area (Å²) >= 11 is 4.93. The van der Waals surface area contributed by atoms with E-state index in [0.29, 0.717) is 31.1 Å². The molecule has 0 unspecified atom stereocenters. The van der Waals surface area contributed by atoms with Crippen molar-refractivity contribution in [2.45, 2.75) is 26.2 Å². The number of halogens is 2. The number of thiophene rings is 1. The van der Waals surface area contributed by atoms with Gasteiger partial charge in [-0.05, 0) is 35.0 Å². The van der Waals surface area contributed by atoms with Crippen molar-refractivity contribution in [2.75, 3.05) is 19.6 Å². The fraction of sp³-hybridized carbons (Fsp3) is 0.500. The van der Waals surface area contributed by atoms with Crippen LogP contribution in [0.2, 0.25) is 0 Å². The van der Waals surface area contributed by atoms with Crippen molar-refractivity contribution in [2.24, 2.45) is 0 Å². The van der Waals surface area contributed by atoms with Crippen LogP contribution in [0.3, 0.4) is 0 Å². The zero-order valence-electron chi connectivity index (χ0n) is 12.8. The Balaban J connectivity index is 0.00000264. The van der Waals surface area contributed by atoms with Crippen molar-refractivity contribution < 1.29 is 9.32 Å². The van der Waals surface area contributed by atoms with Gasteiger partial charge in [-0.25, -0.2) is 0 Å². The largest absolute Gasteiger partial charge is 0.355 e. The maximum absolute atomic E-state index is 11.7. The predicted molar refractivity (Wildman–Crippen MR) is 97.1 cm³/mol. The summed E-state index contributed by atoms with van der Waals surface area (Å²) in [5, 5.41) is 12.0. The van der Waals surface area contributed by atoms with Gasteiger partial charge in [0, 0.05) is 35.8 Å². The lowest BCUT2D eigenvalue weighted by Crippen LogP contribution is -2.32. The van der Waals surface area contributed by atoms with Gasteiger partial charge in [-0.1, -0.05) is 12.1 Å². The summed E-state index contributed by atoms with van der Waals surface area (Å²) in [6.45, 7) is 4.51. The minimum absolute atomic E-state index is 0. The zero-order valence-corrected chi connectivity index (χ0v) is 16.0. The molecule has 0 atom stereocenters. The summed E-state index contributed by atoms with van der Waals surface area (Å²) in [6.07, 6.45) is 1.89. The van der Waals surface area contributed by atoms with Crippen molar-refractivity contribution in [3.8, 4) is 10.7 Å². The molecule has 0 aromatic carbocycles. The highest BCUT2D eigenvalue weighted by Crippen LogP contribution is 2.27. The first-order valence-electron chi connectivity index (χ1n) is 7.23. The number of hydrogen-bond acceptors (Lipinski definition) is 6. The van der Waals surface area contributed by atoms with Gasteiger partial charge in [-0.3, -0.25) is 4.79 Å². The van der Waals surface area contributed by atoms with Crippen LogP contribution in [0.15, 0.2) is 20.4 Å². The van der Waals surface area contributed by atoms with Gasteiger partial charge in [0.1, 0.15) is 0 Å². The molecule has 1 amide bonds. The number of carbonyl (C=O) groups is 1. The highest BCUT2D eigenvalue weighted by molar-refractivity contribution is 9.10. The highest BCUT2D eigenvalue weighted by Gasteiger charge is 2.12. The standard InChI is InChI=1S/C14H19BrN4O2S.ClH/c1-2-5-16-6-7-17-12(20)3-4-13-18-14(19-21-13)11-8-10(15)9-22-11;/h8-9,16H,2-7H2,1H3,(H,17,20);1H. The molecule has 0 aliphatic heterocycles. The van der Waals surface area contributed by atoms with E-state index in [1.807, 2.05) is 11.4 Å². The third-order valence-electron chi connectivity index (χ3n) is 2.87. The molecule has 0 fully saturated rings. The van der Waals surface area contributed by atoms with Gasteiger partial charge in [0.05, 0.1) is 4.88 Å². The van der Waals surface area contributed by atoms with E-state index < -0.39 is 0 Å². The Morgan fingerprint density at radius 3 is 2.91 bits per heavy atom. The van der Waals surface area contributed by atoms with E-state index >= 15 is 0 Å². The number of nitrogens with one attached hydrogen (secondary N) is 2. The summed E-state index contributed by atoms with van der Waals surface area (Å²) < 4.78 is 6.17. The molecule has 2 aromatic heterocycles. The Hall–Kier alpha value is -0.960. The quantitative estimate of drug-likeness (QED) is 0.606. The van der Waals surface area contributed by atoms with Crippen LogP contribution in [0.4, 0.5) is 0 Å². The Kier molecular flexibility index (Phi) is 9.39. The third-order valence-corrected chi connectivity index (χ3v) is 4.56. The van der Waals surface area contributed by atoms with Crippen molar-refractivity contribution in [3.05, 3.63) is 21.8 Å². The smallest absolute Gasteiger partial charge is 0.227 e. The molecular formula is C14H20BrClN4O2S. The molecule has 9 heteroatoms. The molecule has 0 spiro atoms. The number of nitrogens with zero attached hydrogens (tertiary/aromatic N) is 2. The Labute approximate surface area is 154 Å². The van der Waals surface area contributed by atoms with Crippen LogP contribution in [0, 0.1) is 0 Å². The highest BCUT2D eigenvalue weighted by atomic mass is 79.9. The van der Waals surface area contributed by atoms with Crippen LogP contribution in [0.5, 0.6) is 0 Å². The van der Waals surface area contributed by atoms with Crippen LogP contribution in [0.1, 0.15) is 25.7 Å². The molecule has 0 saturated heterocycles. The number of hydrogen-bond donors (Lipinski definition) is 2. The number of aromatic nitrogens is 2. The molecule has 2 aromatic rings. The van der Waals surface area contributed by atoms with Gasteiger partial charge in [-0.15, -0.1) is 23.7 Å². The summed E-state index contributed by atoms with van der Waals surface area (Å²) in [6, 6.07) is 1.94. The molecule has 0 bridgehead atoms. The third kappa shape index (κ3) is 6.99. The zero-order chi connectivity index (χ0) is 15.8. The lowest BCUT2D eigenvalue weighted by atomic mass is 10.3. The van der Waals surface area contributed by atoms with Gasteiger partial charge in [0.15, 0.2) is 0 Å². The van der Waals surface area contributed by atoms with E-state index in [4.69, 9.17) is 4.52 Å². The van der Waals surface area contributed by atoms with Gasteiger partial charge in [-0.2, -0.15) is 4.98 Å². The van der Waals surface area contributed by atoms with E-state index in [0.717, 1.165) is 28.9 Å². The van der Waals surface area contributed by atoms with E-state index in [1.54, 1.807) is 0 Å². The van der Waals surface area contributed by atoms with Crippen LogP contribution < -0.4 is 10.6 Å². The summed E-state index contributed by atoms with van der Waals surface area (Å²) in [7, 11) is 0. The Morgan fingerprint density at radius 2 is 2.22 bits per heavy atom. The van der Waals surface area contributed by atoms with Crippen LogP contribution in [-0.4, -0.2) is 35.7 Å². The van der Waals surface area contributed by atoms with Gasteiger partial charge in [0.25, 0.3) is 0 Å². The van der Waals surface area contributed by atoms with E-state index in [1.165, 1.54) is 11.3 Å². The maximum Gasteiger partial charge on any atom is 0.227 e. The summed E-state index contributed by atoms with van der Waals surface area (Å²) in [5.41, 5.74) is 0. The monoisotopic (exact) mass is 422 g/mol. The number of aryl methyl sites for hydroxylation is 1. The van der Waals surface area contributed by atoms with Gasteiger partial charge < -0.3 is 15.2 Å². The number of rotatable bonds is 9. The molecule has 23 heavy (non-hydrogen) atoms. The second-order valence-electron chi connectivity index (χ2n) is 4.74. The molecule has 2 heterocycles. The Morgan fingerprint density at radius 1 is 1.39 bits per heavy atom. The van der Waals surface area contributed by atoms with E-state index in [9.17, 15) is 4.79 Å². The average molecular weight is 424 g/mol. The molecular weight excluding hydrogens is 404 g/mol. The van der Waals surface area contributed by atoms with Crippen molar-refractivity contribution in [3.63, 3.8) is 0 Å². The first kappa shape index (κ1) is 20.1. The normalized spacial score (nSPS) is 10.3. The predicted octanol–water partition coefficient (Wildman–Crippen LogP) is 3.03. The van der Waals surface area contributed by atoms with Crippen molar-refractivity contribution in [1.82, 2.24) is 20.8 Å². The van der Waals surface area contributed by atoms with Gasteiger partial charge >= 0.3 is 0 Å². The van der Waals surface area contributed by atoms with Crippen molar-refractivity contribution in [1.29, 1.82) is 0 Å². The summed E-state index contributed by atoms with van der Waals surface area (Å²) in [4.78, 5) is 16.9. The second kappa shape index (κ2) is 10.7. The first-order valence-corrected chi connectivity index (χ1v) is 8.90. The molecule has 0 saturated carbocycles. The lowest BCUT2D eigenvalue weighted by molar-refractivity contribution is -0.121. The second-order valence-corrected chi connectivity index (χ2v) is 6.57. The lowest BCUT2D eigenvalue weighted by Gasteiger charge is -2.04. The molecule has 0 aliphatic rings. The molecule has 0 aliphatic carbocycles. The van der Waals surface area contributed by atoms with Crippen LogP contribution in [-0.2, 0) is 11.2 Å². The minimum atomic E-state index is -0.00286. The molecule has 0 radical (unpaired) electrons. The van der Waals surface area contributed by atoms with E-state index in [2.05, 4.69) is 43.6 Å². The molecule has 2 N–H and O–H groups in total. The average Bonchev–Trinajstić information content (AvgIpc) is 3.13. The van der Waals surface area contributed by atoms with Crippen LogP contribution >= 0.6 is 39.7 Å². The Bertz CT molecular complexity index is 605. The summed E-state index contributed by atoms with van der Waals surface area (Å²) in [5.74, 6) is 1.05. The minimum Gasteiger partial charge on any atom is -0.355 e. The molecule has 2 rings (SSSR count). The van der Waals surface area contributed by atoms with Crippen LogP contribution in [0.25, 0.3) is 10.7 Å². The van der Waals surface area contributed by atoms with Gasteiger partial charge in [0.2, 0.25) is 17.6 Å². The topological polar surface area (TPSA) is 80.0 Å². The first-order chi connectivity index (χ1) is 10.7. The van der Waals surface area contributed by atoms with E-state index in [-0.39, 0.29) is 18.3 Å². The molecule has 128 valence electrons. The number of carbonyl (C=O) groups excluding carboxylic acids is 1. The molecule has 6 nitrogen and oxygen atoms in total. The fourth-order valence-corrected chi connectivity index (χ4v) is 3.14. The SMILES string of the molecule is CCCNCCNC(=O)CCc1nc(-c2cc(Br)cs2)no1.Cl. The maximum atomic E-state index is 11.7. The fourth-order valence-electron chi connectivity index (χ4n) is 1.79. The van der Waals surface area contributed by atoms with Crippen molar-refractivity contribution >= 4 is 45.6 Å². The number of amides is 1.